The van der Waals surface area contributed by atoms with Crippen molar-refractivity contribution in [2.75, 3.05) is 18.1 Å². The molecular weight excluding hydrogens is 282 g/mol. The first-order chi connectivity index (χ1) is 10.0. The SMILES string of the molecule is CS(=O)(=O)c1ccc(Cc2ccc3c(c2)CCCN3)cc1. The van der Waals surface area contributed by atoms with Crippen LogP contribution in [0, 0.1) is 0 Å². The van der Waals surface area contributed by atoms with Gasteiger partial charge in [0.25, 0.3) is 0 Å². The molecule has 21 heavy (non-hydrogen) atoms. The molecule has 0 saturated heterocycles. The van der Waals surface area contributed by atoms with Crippen LogP contribution in [0.2, 0.25) is 0 Å². The molecule has 1 aliphatic rings. The van der Waals surface area contributed by atoms with E-state index in [1.807, 2.05) is 12.1 Å². The molecule has 0 atom stereocenters. The van der Waals surface area contributed by atoms with Crippen LogP contribution >= 0.6 is 0 Å². The molecule has 1 N–H and O–H groups in total. The van der Waals surface area contributed by atoms with Crippen LogP contribution < -0.4 is 5.32 Å². The zero-order chi connectivity index (χ0) is 14.9. The summed E-state index contributed by atoms with van der Waals surface area (Å²) in [6, 6.07) is 13.7. The number of hydrogen-bond donors (Lipinski definition) is 1. The predicted molar refractivity (Wildman–Crippen MR) is 85.6 cm³/mol. The number of nitrogens with one attached hydrogen (secondary N) is 1. The molecule has 2 aromatic rings. The Morgan fingerprint density at radius 2 is 1.76 bits per heavy atom. The van der Waals surface area contributed by atoms with Gasteiger partial charge in [-0.05, 0) is 54.2 Å². The summed E-state index contributed by atoms with van der Waals surface area (Å²) >= 11 is 0. The van der Waals surface area contributed by atoms with Crippen molar-refractivity contribution in [3.8, 4) is 0 Å². The summed E-state index contributed by atoms with van der Waals surface area (Å²) in [5, 5.41) is 3.41. The van der Waals surface area contributed by atoms with Crippen LogP contribution in [0.3, 0.4) is 0 Å². The van der Waals surface area contributed by atoms with E-state index in [0.29, 0.717) is 4.90 Å². The van der Waals surface area contributed by atoms with Gasteiger partial charge in [-0.1, -0.05) is 24.3 Å². The summed E-state index contributed by atoms with van der Waals surface area (Å²) < 4.78 is 22.9. The van der Waals surface area contributed by atoms with Gasteiger partial charge in [0.1, 0.15) is 0 Å². The van der Waals surface area contributed by atoms with Crippen molar-refractivity contribution in [2.45, 2.75) is 24.2 Å². The minimum absolute atomic E-state index is 0.376. The molecular formula is C17H19NO2S. The Labute approximate surface area is 125 Å². The minimum atomic E-state index is -3.11. The van der Waals surface area contributed by atoms with Gasteiger partial charge in [0.2, 0.25) is 0 Å². The average Bonchev–Trinajstić information content (AvgIpc) is 2.47. The highest BCUT2D eigenvalue weighted by atomic mass is 32.2. The topological polar surface area (TPSA) is 46.2 Å². The normalized spacial score (nSPS) is 14.3. The highest BCUT2D eigenvalue weighted by molar-refractivity contribution is 7.90. The standard InChI is InChI=1S/C17H19NO2S/c1-21(19,20)16-7-4-13(5-8-16)11-14-6-9-17-15(12-14)3-2-10-18-17/h4-9,12,18H,2-3,10-11H2,1H3. The largest absolute Gasteiger partial charge is 0.385 e. The molecule has 4 heteroatoms. The quantitative estimate of drug-likeness (QED) is 0.948. The van der Waals surface area contributed by atoms with Crippen LogP contribution in [-0.2, 0) is 22.7 Å². The molecule has 0 fully saturated rings. The van der Waals surface area contributed by atoms with E-state index in [1.54, 1.807) is 12.1 Å². The molecule has 0 unspecified atom stereocenters. The zero-order valence-corrected chi connectivity index (χ0v) is 12.9. The van der Waals surface area contributed by atoms with Crippen molar-refractivity contribution in [1.29, 1.82) is 0 Å². The predicted octanol–water partition coefficient (Wildman–Crippen LogP) is 3.04. The van der Waals surface area contributed by atoms with Crippen LogP contribution in [-0.4, -0.2) is 21.2 Å². The second kappa shape index (κ2) is 5.53. The highest BCUT2D eigenvalue weighted by Crippen LogP contribution is 2.24. The van der Waals surface area contributed by atoms with Crippen LogP contribution in [0.1, 0.15) is 23.1 Å². The van der Waals surface area contributed by atoms with Crippen molar-refractivity contribution in [3.05, 3.63) is 59.2 Å². The molecule has 0 saturated carbocycles. The van der Waals surface area contributed by atoms with Gasteiger partial charge >= 0.3 is 0 Å². The van der Waals surface area contributed by atoms with E-state index in [9.17, 15) is 8.42 Å². The number of aryl methyl sites for hydroxylation is 1. The van der Waals surface area contributed by atoms with Gasteiger partial charge in [-0.3, -0.25) is 0 Å². The van der Waals surface area contributed by atoms with Gasteiger partial charge in [-0.15, -0.1) is 0 Å². The van der Waals surface area contributed by atoms with Crippen molar-refractivity contribution >= 4 is 15.5 Å². The Morgan fingerprint density at radius 1 is 1.05 bits per heavy atom. The van der Waals surface area contributed by atoms with E-state index < -0.39 is 9.84 Å². The number of rotatable bonds is 3. The van der Waals surface area contributed by atoms with E-state index in [1.165, 1.54) is 29.5 Å². The summed E-state index contributed by atoms with van der Waals surface area (Å²) in [7, 11) is -3.11. The van der Waals surface area contributed by atoms with Gasteiger partial charge in [-0.2, -0.15) is 0 Å². The third kappa shape index (κ3) is 3.27. The lowest BCUT2D eigenvalue weighted by atomic mass is 9.97. The average molecular weight is 301 g/mol. The Balaban J connectivity index is 1.80. The van der Waals surface area contributed by atoms with Gasteiger partial charge in [-0.25, -0.2) is 8.42 Å². The Kier molecular flexibility index (Phi) is 3.72. The molecule has 110 valence electrons. The maximum atomic E-state index is 11.5. The van der Waals surface area contributed by atoms with Gasteiger partial charge in [0, 0.05) is 18.5 Å². The second-order valence-electron chi connectivity index (χ2n) is 5.61. The summed E-state index contributed by atoms with van der Waals surface area (Å²) in [4.78, 5) is 0.376. The first-order valence-electron chi connectivity index (χ1n) is 7.17. The Morgan fingerprint density at radius 3 is 2.48 bits per heavy atom. The fourth-order valence-electron chi connectivity index (χ4n) is 2.73. The molecule has 0 spiro atoms. The van der Waals surface area contributed by atoms with E-state index in [4.69, 9.17) is 0 Å². The molecule has 0 aliphatic carbocycles. The fourth-order valence-corrected chi connectivity index (χ4v) is 3.36. The Bertz CT molecular complexity index is 749. The van der Waals surface area contributed by atoms with Crippen molar-refractivity contribution in [3.63, 3.8) is 0 Å². The Hall–Kier alpha value is -1.81. The van der Waals surface area contributed by atoms with Crippen LogP contribution in [0.15, 0.2) is 47.4 Å². The minimum Gasteiger partial charge on any atom is -0.385 e. The van der Waals surface area contributed by atoms with E-state index in [2.05, 4.69) is 23.5 Å². The molecule has 3 rings (SSSR count). The first kappa shape index (κ1) is 14.1. The molecule has 1 aliphatic heterocycles. The second-order valence-corrected chi connectivity index (χ2v) is 7.63. The molecule has 2 aromatic carbocycles. The maximum absolute atomic E-state index is 11.5. The highest BCUT2D eigenvalue weighted by Gasteiger charge is 2.10. The number of hydrogen-bond acceptors (Lipinski definition) is 3. The first-order valence-corrected chi connectivity index (χ1v) is 9.06. The number of benzene rings is 2. The number of fused-ring (bicyclic) bond motifs is 1. The van der Waals surface area contributed by atoms with Gasteiger partial charge < -0.3 is 5.32 Å². The molecule has 1 heterocycles. The molecule has 0 aromatic heterocycles. The molecule has 0 amide bonds. The maximum Gasteiger partial charge on any atom is 0.175 e. The zero-order valence-electron chi connectivity index (χ0n) is 12.1. The van der Waals surface area contributed by atoms with E-state index in [0.717, 1.165) is 24.9 Å². The van der Waals surface area contributed by atoms with E-state index in [-0.39, 0.29) is 0 Å². The van der Waals surface area contributed by atoms with Crippen molar-refractivity contribution in [1.82, 2.24) is 0 Å². The summed E-state index contributed by atoms with van der Waals surface area (Å²) in [6.45, 7) is 1.05. The summed E-state index contributed by atoms with van der Waals surface area (Å²) in [5.41, 5.74) is 5.03. The summed E-state index contributed by atoms with van der Waals surface area (Å²) in [6.07, 6.45) is 4.37. The lowest BCUT2D eigenvalue weighted by Gasteiger charge is -2.18. The van der Waals surface area contributed by atoms with Crippen LogP contribution in [0.25, 0.3) is 0 Å². The van der Waals surface area contributed by atoms with Gasteiger partial charge in [0.15, 0.2) is 9.84 Å². The van der Waals surface area contributed by atoms with Gasteiger partial charge in [0.05, 0.1) is 4.90 Å². The van der Waals surface area contributed by atoms with Crippen molar-refractivity contribution < 1.29 is 8.42 Å². The fraction of sp³-hybridized carbons (Fsp3) is 0.294. The third-order valence-corrected chi connectivity index (χ3v) is 5.00. The lowest BCUT2D eigenvalue weighted by Crippen LogP contribution is -2.11. The van der Waals surface area contributed by atoms with E-state index >= 15 is 0 Å². The molecule has 3 nitrogen and oxygen atoms in total. The molecule has 0 radical (unpaired) electrons. The third-order valence-electron chi connectivity index (χ3n) is 3.87. The monoisotopic (exact) mass is 301 g/mol. The smallest absolute Gasteiger partial charge is 0.175 e. The summed E-state index contributed by atoms with van der Waals surface area (Å²) in [5.74, 6) is 0. The lowest BCUT2D eigenvalue weighted by molar-refractivity contribution is 0.602. The van der Waals surface area contributed by atoms with Crippen LogP contribution in [0.4, 0.5) is 5.69 Å². The number of sulfone groups is 1. The van der Waals surface area contributed by atoms with Crippen molar-refractivity contribution in [2.24, 2.45) is 0 Å². The number of anilines is 1. The molecule has 0 bridgehead atoms. The van der Waals surface area contributed by atoms with Crippen LogP contribution in [0.5, 0.6) is 0 Å².